The fourth-order valence-electron chi connectivity index (χ4n) is 8.70. The Kier molecular flexibility index (Phi) is 49.7. The van der Waals surface area contributed by atoms with Crippen LogP contribution in [-0.4, -0.2) is 68.5 Å². The molecule has 0 aromatic heterocycles. The summed E-state index contributed by atoms with van der Waals surface area (Å²) in [7, 11) is 1.25. The second kappa shape index (κ2) is 50.7. The van der Waals surface area contributed by atoms with Crippen molar-refractivity contribution >= 4 is 13.7 Å². The van der Waals surface area contributed by atoms with Crippen LogP contribution in [0.25, 0.3) is 0 Å². The smallest absolute Gasteiger partial charge is 0.268 e. The van der Waals surface area contributed by atoms with E-state index in [2.05, 4.69) is 43.5 Å². The number of aliphatic hydroxyl groups is 1. The SMILES string of the molecule is CCCCCCCCCCCCCC/C=C\CCCCCCCCCCCCCCC(=O)NC(COP(=O)([O-])OCC[N+](C)(C)C)C(O)/C=C/CC/C=C/CCCCCCCCCCCCCC. The maximum absolute atomic E-state index is 13.0. The van der Waals surface area contributed by atoms with E-state index in [9.17, 15) is 19.4 Å². The lowest BCUT2D eigenvalue weighted by Gasteiger charge is -2.29. The van der Waals surface area contributed by atoms with E-state index in [1.54, 1.807) is 6.08 Å². The number of unbranched alkanes of at least 4 members (excludes halogenated alkanes) is 37. The van der Waals surface area contributed by atoms with E-state index in [4.69, 9.17) is 9.05 Å². The molecule has 0 aromatic rings. The molecule has 1 amide bonds. The highest BCUT2D eigenvalue weighted by Crippen LogP contribution is 2.38. The molecule has 0 saturated heterocycles. The molecule has 0 saturated carbocycles. The monoisotopic (exact) mass is 979 g/mol. The van der Waals surface area contributed by atoms with E-state index in [0.717, 1.165) is 38.5 Å². The molecule has 8 nitrogen and oxygen atoms in total. The number of nitrogens with one attached hydrogen (secondary N) is 1. The van der Waals surface area contributed by atoms with Gasteiger partial charge in [-0.2, -0.15) is 0 Å². The van der Waals surface area contributed by atoms with Gasteiger partial charge < -0.3 is 28.8 Å². The summed E-state index contributed by atoms with van der Waals surface area (Å²) in [5, 5.41) is 13.9. The maximum Gasteiger partial charge on any atom is 0.268 e. The normalized spacial score (nSPS) is 14.2. The number of amides is 1. The van der Waals surface area contributed by atoms with Crippen LogP contribution in [0.3, 0.4) is 0 Å². The Balaban J connectivity index is 4.17. The summed E-state index contributed by atoms with van der Waals surface area (Å²) in [6.45, 7) is 4.66. The Morgan fingerprint density at radius 1 is 0.500 bits per heavy atom. The number of rotatable bonds is 54. The first-order valence-corrected chi connectivity index (χ1v) is 30.8. The average Bonchev–Trinajstić information content (AvgIpc) is 3.30. The van der Waals surface area contributed by atoms with Gasteiger partial charge in [0.15, 0.2) is 0 Å². The second-order valence-corrected chi connectivity index (χ2v) is 22.8. The predicted molar refractivity (Wildman–Crippen MR) is 293 cm³/mol. The largest absolute Gasteiger partial charge is 0.756 e. The number of hydrogen-bond donors (Lipinski definition) is 2. The summed E-state index contributed by atoms with van der Waals surface area (Å²) in [6.07, 6.45) is 65.2. The van der Waals surface area contributed by atoms with Gasteiger partial charge in [0.2, 0.25) is 5.91 Å². The van der Waals surface area contributed by atoms with Gasteiger partial charge in [0.25, 0.3) is 7.82 Å². The molecular weight excluding hydrogens is 864 g/mol. The van der Waals surface area contributed by atoms with Crippen molar-refractivity contribution in [2.45, 2.75) is 296 Å². The van der Waals surface area contributed by atoms with Gasteiger partial charge in [0.1, 0.15) is 13.2 Å². The Morgan fingerprint density at radius 3 is 1.19 bits per heavy atom. The Morgan fingerprint density at radius 2 is 0.824 bits per heavy atom. The van der Waals surface area contributed by atoms with Crippen LogP contribution in [0.4, 0.5) is 0 Å². The number of hydrogen-bond acceptors (Lipinski definition) is 6. The van der Waals surface area contributed by atoms with Crippen LogP contribution in [0.5, 0.6) is 0 Å². The minimum atomic E-state index is -4.60. The number of carbonyl (C=O) groups is 1. The molecule has 0 aliphatic carbocycles. The quantitative estimate of drug-likeness (QED) is 0.0272. The zero-order chi connectivity index (χ0) is 49.9. The molecule has 402 valence electrons. The molecule has 3 unspecified atom stereocenters. The summed E-state index contributed by atoms with van der Waals surface area (Å²) in [6, 6.07) is -0.903. The van der Waals surface area contributed by atoms with Crippen LogP contribution in [0, 0.1) is 0 Å². The Hall–Kier alpha value is -1.28. The number of phosphoric ester groups is 1. The molecule has 0 aliphatic heterocycles. The summed E-state index contributed by atoms with van der Waals surface area (Å²) in [5.41, 5.74) is 0. The predicted octanol–water partition coefficient (Wildman–Crippen LogP) is 17.1. The average molecular weight is 980 g/mol. The minimum absolute atomic E-state index is 0.00555. The van der Waals surface area contributed by atoms with Gasteiger partial charge in [-0.1, -0.05) is 256 Å². The van der Waals surface area contributed by atoms with Crippen LogP contribution in [0.2, 0.25) is 0 Å². The van der Waals surface area contributed by atoms with Crippen LogP contribution in [-0.2, 0) is 18.4 Å². The second-order valence-electron chi connectivity index (χ2n) is 21.3. The van der Waals surface area contributed by atoms with Crippen LogP contribution >= 0.6 is 7.82 Å². The van der Waals surface area contributed by atoms with Crippen LogP contribution < -0.4 is 10.2 Å². The lowest BCUT2D eigenvalue weighted by Crippen LogP contribution is -2.45. The summed E-state index contributed by atoms with van der Waals surface area (Å²) in [4.78, 5) is 25.5. The van der Waals surface area contributed by atoms with E-state index >= 15 is 0 Å². The highest BCUT2D eigenvalue weighted by molar-refractivity contribution is 7.45. The maximum atomic E-state index is 13.0. The van der Waals surface area contributed by atoms with Gasteiger partial charge in [0.05, 0.1) is 39.9 Å². The van der Waals surface area contributed by atoms with Crippen molar-refractivity contribution in [1.82, 2.24) is 5.32 Å². The summed E-state index contributed by atoms with van der Waals surface area (Å²) in [5.74, 6) is -0.204. The first kappa shape index (κ1) is 66.7. The molecule has 0 radical (unpaired) electrons. The van der Waals surface area contributed by atoms with Crippen molar-refractivity contribution in [3.8, 4) is 0 Å². The molecule has 0 fully saturated rings. The first-order chi connectivity index (χ1) is 33.0. The van der Waals surface area contributed by atoms with Gasteiger partial charge in [-0.3, -0.25) is 9.36 Å². The van der Waals surface area contributed by atoms with Crippen molar-refractivity contribution in [2.75, 3.05) is 40.9 Å². The molecule has 0 bridgehead atoms. The third-order valence-corrected chi connectivity index (χ3v) is 14.3. The number of quaternary nitrogens is 1. The van der Waals surface area contributed by atoms with Crippen molar-refractivity contribution in [3.63, 3.8) is 0 Å². The topological polar surface area (TPSA) is 108 Å². The lowest BCUT2D eigenvalue weighted by molar-refractivity contribution is -0.870. The molecular formula is C59H115N2O6P. The third kappa shape index (κ3) is 52.5. The van der Waals surface area contributed by atoms with Gasteiger partial charge >= 0.3 is 0 Å². The van der Waals surface area contributed by atoms with Crippen molar-refractivity contribution in [1.29, 1.82) is 0 Å². The molecule has 0 aliphatic rings. The molecule has 0 spiro atoms. The summed E-state index contributed by atoms with van der Waals surface area (Å²) >= 11 is 0. The van der Waals surface area contributed by atoms with E-state index in [0.29, 0.717) is 17.4 Å². The standard InChI is InChI=1S/C59H115N2O6P/c1-6-8-10-12-14-16-18-20-22-24-26-27-28-29-30-31-32-33-34-35-37-39-41-43-45-47-49-51-53-59(63)60-57(56-67-68(64,65)66-55-54-61(3,4)5)58(62)52-50-48-46-44-42-40-38-36-25-23-21-19-17-15-13-11-9-7-2/h29-30,42,44,50,52,57-58,62H,6-28,31-41,43,45-49,51,53-56H2,1-5H3,(H-,60,63,64,65)/b30-29-,44-42+,52-50+. The Labute approximate surface area is 423 Å². The van der Waals surface area contributed by atoms with Gasteiger partial charge in [-0.15, -0.1) is 0 Å². The molecule has 3 atom stereocenters. The zero-order valence-corrected chi connectivity index (χ0v) is 46.7. The fourth-order valence-corrected chi connectivity index (χ4v) is 9.42. The van der Waals surface area contributed by atoms with Crippen molar-refractivity contribution in [2.24, 2.45) is 0 Å². The number of phosphoric acid groups is 1. The number of allylic oxidation sites excluding steroid dienone is 5. The van der Waals surface area contributed by atoms with Gasteiger partial charge in [-0.25, -0.2) is 0 Å². The van der Waals surface area contributed by atoms with Crippen molar-refractivity contribution in [3.05, 3.63) is 36.5 Å². The van der Waals surface area contributed by atoms with Gasteiger partial charge in [-0.05, 0) is 57.8 Å². The van der Waals surface area contributed by atoms with Crippen molar-refractivity contribution < 1.29 is 32.9 Å². The zero-order valence-electron chi connectivity index (χ0n) is 45.8. The molecule has 0 aromatic carbocycles. The van der Waals surface area contributed by atoms with E-state index in [1.165, 1.54) is 225 Å². The molecule has 68 heavy (non-hydrogen) atoms. The number of nitrogens with zero attached hydrogens (tertiary/aromatic N) is 1. The van der Waals surface area contributed by atoms with E-state index in [1.807, 2.05) is 27.2 Å². The van der Waals surface area contributed by atoms with Crippen LogP contribution in [0.1, 0.15) is 284 Å². The number of likely N-dealkylation sites (N-methyl/N-ethyl adjacent to an activating group) is 1. The minimum Gasteiger partial charge on any atom is -0.756 e. The van der Waals surface area contributed by atoms with E-state index in [-0.39, 0.29) is 12.5 Å². The lowest BCUT2D eigenvalue weighted by atomic mass is 10.0. The molecule has 2 N–H and O–H groups in total. The molecule has 0 heterocycles. The van der Waals surface area contributed by atoms with Crippen LogP contribution in [0.15, 0.2) is 36.5 Å². The highest BCUT2D eigenvalue weighted by Gasteiger charge is 2.23. The summed E-state index contributed by atoms with van der Waals surface area (Å²) < 4.78 is 23.3. The molecule has 0 rings (SSSR count). The van der Waals surface area contributed by atoms with E-state index < -0.39 is 26.6 Å². The first-order valence-electron chi connectivity index (χ1n) is 29.4. The molecule has 9 heteroatoms. The Bertz CT molecular complexity index is 1200. The number of carbonyl (C=O) groups excluding carboxylic acids is 1. The highest BCUT2D eigenvalue weighted by atomic mass is 31.2. The third-order valence-electron chi connectivity index (χ3n) is 13.3. The fraction of sp³-hybridized carbons (Fsp3) is 0.881. The number of aliphatic hydroxyl groups excluding tert-OH is 1. The van der Waals surface area contributed by atoms with Gasteiger partial charge in [0, 0.05) is 6.42 Å².